The highest BCUT2D eigenvalue weighted by molar-refractivity contribution is 14.0. The number of hydrogen-bond donors (Lipinski definition) is 1. The number of rotatable bonds is 6. The van der Waals surface area contributed by atoms with Crippen LogP contribution in [0.25, 0.3) is 11.6 Å². The van der Waals surface area contributed by atoms with E-state index in [0.717, 1.165) is 31.2 Å². The maximum atomic E-state index is 5.31. The van der Waals surface area contributed by atoms with Crippen LogP contribution >= 0.6 is 24.0 Å². The van der Waals surface area contributed by atoms with E-state index in [-0.39, 0.29) is 24.0 Å². The van der Waals surface area contributed by atoms with Gasteiger partial charge in [0.2, 0.25) is 0 Å². The third kappa shape index (κ3) is 5.72. The van der Waals surface area contributed by atoms with Gasteiger partial charge in [0, 0.05) is 45.2 Å². The highest BCUT2D eigenvalue weighted by Crippen LogP contribution is 2.28. The Hall–Kier alpha value is -2.69. The number of aliphatic imine (C=N–C) groups is 1. The van der Waals surface area contributed by atoms with Gasteiger partial charge in [-0.1, -0.05) is 23.4 Å². The van der Waals surface area contributed by atoms with E-state index in [1.807, 2.05) is 37.4 Å². The smallest absolute Gasteiger partial charge is 0.276 e. The van der Waals surface area contributed by atoms with E-state index in [9.17, 15) is 0 Å². The number of methoxy groups -OCH3 is 1. The molecule has 31 heavy (non-hydrogen) atoms. The molecule has 0 saturated carbocycles. The number of halogens is 1. The molecule has 0 amide bonds. The van der Waals surface area contributed by atoms with Crippen LogP contribution in [0.15, 0.2) is 58.2 Å². The summed E-state index contributed by atoms with van der Waals surface area (Å²) in [4.78, 5) is 15.4. The van der Waals surface area contributed by atoms with Gasteiger partial charge in [0.05, 0.1) is 7.11 Å². The fraction of sp³-hybridized carbons (Fsp3) is 0.364. The van der Waals surface area contributed by atoms with Gasteiger partial charge in [-0.15, -0.1) is 24.0 Å². The zero-order valence-electron chi connectivity index (χ0n) is 17.7. The van der Waals surface area contributed by atoms with Gasteiger partial charge in [0.1, 0.15) is 11.4 Å². The van der Waals surface area contributed by atoms with E-state index < -0.39 is 0 Å². The molecule has 0 spiro atoms. The molecule has 1 fully saturated rings. The molecule has 164 valence electrons. The molecular weight excluding hydrogens is 507 g/mol. The number of ether oxygens (including phenoxy) is 1. The van der Waals surface area contributed by atoms with Crippen LogP contribution in [-0.2, 0) is 6.42 Å². The number of guanidine groups is 1. The number of hydrogen-bond acceptors (Lipinski definition) is 6. The lowest BCUT2D eigenvalue weighted by atomic mass is 9.98. The minimum atomic E-state index is 0. The minimum absolute atomic E-state index is 0. The van der Waals surface area contributed by atoms with Crippen molar-refractivity contribution in [1.82, 2.24) is 25.3 Å². The van der Waals surface area contributed by atoms with Crippen molar-refractivity contribution in [2.45, 2.75) is 18.8 Å². The van der Waals surface area contributed by atoms with E-state index in [2.05, 4.69) is 42.5 Å². The fourth-order valence-corrected chi connectivity index (χ4v) is 3.67. The zero-order valence-corrected chi connectivity index (χ0v) is 20.0. The second-order valence-corrected chi connectivity index (χ2v) is 7.16. The first-order valence-electron chi connectivity index (χ1n) is 10.1. The molecule has 2 aromatic heterocycles. The summed E-state index contributed by atoms with van der Waals surface area (Å²) in [6.45, 7) is 2.60. The predicted molar refractivity (Wildman–Crippen MR) is 130 cm³/mol. The lowest BCUT2D eigenvalue weighted by Gasteiger charge is -2.21. The van der Waals surface area contributed by atoms with E-state index in [1.165, 1.54) is 5.56 Å². The van der Waals surface area contributed by atoms with E-state index in [1.54, 1.807) is 13.3 Å². The average molecular weight is 534 g/mol. The van der Waals surface area contributed by atoms with Crippen molar-refractivity contribution >= 4 is 29.9 Å². The Morgan fingerprint density at radius 1 is 1.26 bits per heavy atom. The van der Waals surface area contributed by atoms with Gasteiger partial charge >= 0.3 is 0 Å². The highest BCUT2D eigenvalue weighted by atomic mass is 127. The summed E-state index contributed by atoms with van der Waals surface area (Å²) < 4.78 is 10.6. The molecule has 1 saturated heterocycles. The summed E-state index contributed by atoms with van der Waals surface area (Å²) in [6, 6.07) is 14.0. The van der Waals surface area contributed by atoms with Gasteiger partial charge in [-0.3, -0.25) is 9.98 Å². The number of nitrogens with one attached hydrogen (secondary N) is 1. The highest BCUT2D eigenvalue weighted by Gasteiger charge is 2.26. The van der Waals surface area contributed by atoms with E-state index in [0.29, 0.717) is 36.3 Å². The first-order valence-corrected chi connectivity index (χ1v) is 10.1. The van der Waals surface area contributed by atoms with Crippen LogP contribution in [0.5, 0.6) is 5.75 Å². The van der Waals surface area contributed by atoms with Crippen LogP contribution in [0.1, 0.15) is 23.7 Å². The molecule has 9 heteroatoms. The Morgan fingerprint density at radius 3 is 2.81 bits per heavy atom. The molecule has 0 bridgehead atoms. The summed E-state index contributed by atoms with van der Waals surface area (Å²) in [5, 5.41) is 7.47. The van der Waals surface area contributed by atoms with Gasteiger partial charge in [-0.25, -0.2) is 0 Å². The van der Waals surface area contributed by atoms with Crippen LogP contribution in [0.3, 0.4) is 0 Å². The molecule has 1 aliphatic heterocycles. The second kappa shape index (κ2) is 11.1. The van der Waals surface area contributed by atoms with Crippen molar-refractivity contribution in [1.29, 1.82) is 0 Å². The molecule has 3 aromatic rings. The molecule has 0 radical (unpaired) electrons. The number of benzene rings is 1. The summed E-state index contributed by atoms with van der Waals surface area (Å²) >= 11 is 0. The average Bonchev–Trinajstić information content (AvgIpc) is 3.48. The number of likely N-dealkylation sites (tertiary alicyclic amines) is 1. The maximum absolute atomic E-state index is 5.31. The SMILES string of the molecule is CN=C(NCCc1noc(-c2ccccn2)n1)N1CCC(c2ccc(OC)cc2)C1.I. The first kappa shape index (κ1) is 23.0. The van der Waals surface area contributed by atoms with Gasteiger partial charge < -0.3 is 19.5 Å². The molecule has 3 heterocycles. The Kier molecular flexibility index (Phi) is 8.21. The Bertz CT molecular complexity index is 977. The van der Waals surface area contributed by atoms with Crippen molar-refractivity contribution in [2.75, 3.05) is 33.8 Å². The van der Waals surface area contributed by atoms with Gasteiger partial charge in [-0.2, -0.15) is 4.98 Å². The fourth-order valence-electron chi connectivity index (χ4n) is 3.67. The lowest BCUT2D eigenvalue weighted by Crippen LogP contribution is -2.40. The predicted octanol–water partition coefficient (Wildman–Crippen LogP) is 3.37. The van der Waals surface area contributed by atoms with Crippen molar-refractivity contribution in [2.24, 2.45) is 4.99 Å². The first-order chi connectivity index (χ1) is 14.8. The summed E-state index contributed by atoms with van der Waals surface area (Å²) in [5.74, 6) is 3.37. The number of nitrogens with zero attached hydrogens (tertiary/aromatic N) is 5. The van der Waals surface area contributed by atoms with Gasteiger partial charge in [0.25, 0.3) is 5.89 Å². The Labute approximate surface area is 199 Å². The van der Waals surface area contributed by atoms with E-state index >= 15 is 0 Å². The molecule has 4 rings (SSSR count). The quantitative estimate of drug-likeness (QED) is 0.295. The minimum Gasteiger partial charge on any atom is -0.497 e. The lowest BCUT2D eigenvalue weighted by molar-refractivity contribution is 0.414. The second-order valence-electron chi connectivity index (χ2n) is 7.16. The Balaban J connectivity index is 0.00000272. The molecule has 1 aliphatic rings. The third-order valence-electron chi connectivity index (χ3n) is 5.27. The van der Waals surface area contributed by atoms with Crippen LogP contribution < -0.4 is 10.1 Å². The molecule has 8 nitrogen and oxygen atoms in total. The number of pyridine rings is 1. The largest absolute Gasteiger partial charge is 0.497 e. The van der Waals surface area contributed by atoms with Crippen LogP contribution in [0, 0.1) is 0 Å². The molecule has 1 aromatic carbocycles. The van der Waals surface area contributed by atoms with Crippen LogP contribution in [-0.4, -0.2) is 59.8 Å². The van der Waals surface area contributed by atoms with Gasteiger partial charge in [0.15, 0.2) is 11.8 Å². The normalized spacial score (nSPS) is 16.1. The van der Waals surface area contributed by atoms with E-state index in [4.69, 9.17) is 9.26 Å². The summed E-state index contributed by atoms with van der Waals surface area (Å²) in [7, 11) is 3.51. The number of aromatic nitrogens is 3. The van der Waals surface area contributed by atoms with Crippen LogP contribution in [0.4, 0.5) is 0 Å². The summed E-state index contributed by atoms with van der Waals surface area (Å²) in [6.07, 6.45) is 3.45. The van der Waals surface area contributed by atoms with Crippen molar-refractivity contribution in [3.05, 3.63) is 60.0 Å². The summed E-state index contributed by atoms with van der Waals surface area (Å²) in [5.41, 5.74) is 2.02. The zero-order chi connectivity index (χ0) is 20.8. The van der Waals surface area contributed by atoms with Crippen LogP contribution in [0.2, 0.25) is 0 Å². The molecular formula is C22H27IN6O2. The van der Waals surface area contributed by atoms with Crippen molar-refractivity contribution in [3.63, 3.8) is 0 Å². The van der Waals surface area contributed by atoms with Gasteiger partial charge in [-0.05, 0) is 36.2 Å². The molecule has 1 atom stereocenters. The molecule has 1 N–H and O–H groups in total. The Morgan fingerprint density at radius 2 is 2.10 bits per heavy atom. The maximum Gasteiger partial charge on any atom is 0.276 e. The van der Waals surface area contributed by atoms with Crippen molar-refractivity contribution < 1.29 is 9.26 Å². The topological polar surface area (TPSA) is 88.7 Å². The standard InChI is InChI=1S/C22H26N6O2.HI/c1-23-22(28-14-11-17(15-28)16-6-8-18(29-2)9-7-16)25-13-10-20-26-21(30-27-20)19-5-3-4-12-24-19;/h3-9,12,17H,10-11,13-15H2,1-2H3,(H,23,25);1H. The monoisotopic (exact) mass is 534 g/mol. The third-order valence-corrected chi connectivity index (χ3v) is 5.27. The molecule has 0 aliphatic carbocycles. The molecule has 1 unspecified atom stereocenters. The van der Waals surface area contributed by atoms with Crippen molar-refractivity contribution in [3.8, 4) is 17.3 Å².